The molecule has 0 radical (unpaired) electrons. The van der Waals surface area contributed by atoms with Gasteiger partial charge in [-0.25, -0.2) is 4.98 Å². The van der Waals surface area contributed by atoms with E-state index in [1.807, 2.05) is 41.1 Å². The molecule has 0 amide bonds. The average Bonchev–Trinajstić information content (AvgIpc) is 3.14. The lowest BCUT2D eigenvalue weighted by Gasteiger charge is -2.10. The SMILES string of the molecule is COc1ccc(Cn2cc(Cc3ccc(Cc4ccccc4)c(OC)c3)nc2N)cc1. The number of aromatic nitrogens is 2. The number of benzene rings is 3. The van der Waals surface area contributed by atoms with Crippen LogP contribution in [0.25, 0.3) is 0 Å². The third-order valence-corrected chi connectivity index (χ3v) is 5.34. The van der Waals surface area contributed by atoms with Gasteiger partial charge in [0, 0.05) is 19.0 Å². The first kappa shape index (κ1) is 20.5. The molecule has 0 aliphatic rings. The van der Waals surface area contributed by atoms with Gasteiger partial charge in [0.1, 0.15) is 11.5 Å². The first-order valence-electron chi connectivity index (χ1n) is 10.3. The van der Waals surface area contributed by atoms with Crippen molar-refractivity contribution in [3.8, 4) is 11.5 Å². The second-order valence-corrected chi connectivity index (χ2v) is 7.55. The van der Waals surface area contributed by atoms with Crippen molar-refractivity contribution in [3.05, 3.63) is 107 Å². The maximum atomic E-state index is 6.17. The van der Waals surface area contributed by atoms with Crippen LogP contribution in [0, 0.1) is 0 Å². The molecule has 5 nitrogen and oxygen atoms in total. The van der Waals surface area contributed by atoms with Gasteiger partial charge in [-0.05, 0) is 40.5 Å². The Morgan fingerprint density at radius 2 is 1.55 bits per heavy atom. The highest BCUT2D eigenvalue weighted by molar-refractivity contribution is 5.42. The number of hydrogen-bond acceptors (Lipinski definition) is 4. The lowest BCUT2D eigenvalue weighted by Crippen LogP contribution is -2.03. The molecule has 1 aromatic heterocycles. The van der Waals surface area contributed by atoms with Crippen LogP contribution in [0.1, 0.15) is 27.9 Å². The summed E-state index contributed by atoms with van der Waals surface area (Å²) in [7, 11) is 3.38. The van der Waals surface area contributed by atoms with E-state index in [0.29, 0.717) is 18.9 Å². The Morgan fingerprint density at radius 3 is 2.26 bits per heavy atom. The predicted molar refractivity (Wildman–Crippen MR) is 124 cm³/mol. The number of nitrogen functional groups attached to an aromatic ring is 1. The molecular formula is C26H27N3O2. The number of hydrogen-bond donors (Lipinski definition) is 1. The molecule has 5 heteroatoms. The Morgan fingerprint density at radius 1 is 0.806 bits per heavy atom. The van der Waals surface area contributed by atoms with Crippen LogP contribution in [-0.2, 0) is 19.4 Å². The molecule has 4 rings (SSSR count). The topological polar surface area (TPSA) is 62.3 Å². The molecule has 0 bridgehead atoms. The number of nitrogens with two attached hydrogens (primary N) is 1. The van der Waals surface area contributed by atoms with Gasteiger partial charge in [0.05, 0.1) is 26.5 Å². The van der Waals surface area contributed by atoms with E-state index in [4.69, 9.17) is 15.2 Å². The fraction of sp³-hybridized carbons (Fsp3) is 0.192. The van der Waals surface area contributed by atoms with Gasteiger partial charge in [0.15, 0.2) is 0 Å². The minimum Gasteiger partial charge on any atom is -0.497 e. The van der Waals surface area contributed by atoms with Crippen molar-refractivity contribution >= 4 is 5.95 Å². The molecule has 0 atom stereocenters. The zero-order chi connectivity index (χ0) is 21.6. The van der Waals surface area contributed by atoms with Gasteiger partial charge in [-0.15, -0.1) is 0 Å². The van der Waals surface area contributed by atoms with Crippen LogP contribution in [0.4, 0.5) is 5.95 Å². The fourth-order valence-electron chi connectivity index (χ4n) is 3.70. The normalized spacial score (nSPS) is 10.8. The summed E-state index contributed by atoms with van der Waals surface area (Å²) >= 11 is 0. The maximum absolute atomic E-state index is 6.17. The number of ether oxygens (including phenoxy) is 2. The zero-order valence-electron chi connectivity index (χ0n) is 17.9. The highest BCUT2D eigenvalue weighted by Gasteiger charge is 2.10. The molecule has 1 heterocycles. The lowest BCUT2D eigenvalue weighted by molar-refractivity contribution is 0.410. The van der Waals surface area contributed by atoms with Crippen LogP contribution < -0.4 is 15.2 Å². The Balaban J connectivity index is 1.48. The van der Waals surface area contributed by atoms with E-state index >= 15 is 0 Å². The van der Waals surface area contributed by atoms with E-state index in [1.165, 1.54) is 11.1 Å². The van der Waals surface area contributed by atoms with E-state index in [9.17, 15) is 0 Å². The second-order valence-electron chi connectivity index (χ2n) is 7.55. The van der Waals surface area contributed by atoms with Gasteiger partial charge in [-0.2, -0.15) is 0 Å². The highest BCUT2D eigenvalue weighted by atomic mass is 16.5. The Bertz CT molecular complexity index is 1140. The van der Waals surface area contributed by atoms with Crippen molar-refractivity contribution in [1.82, 2.24) is 9.55 Å². The fourth-order valence-corrected chi connectivity index (χ4v) is 3.70. The molecule has 0 unspecified atom stereocenters. The summed E-state index contributed by atoms with van der Waals surface area (Å²) < 4.78 is 12.9. The summed E-state index contributed by atoms with van der Waals surface area (Å²) in [5, 5.41) is 0. The first-order valence-corrected chi connectivity index (χ1v) is 10.3. The van der Waals surface area contributed by atoms with Gasteiger partial charge in [-0.3, -0.25) is 0 Å². The van der Waals surface area contributed by atoms with Crippen LogP contribution in [0.5, 0.6) is 11.5 Å². The van der Waals surface area contributed by atoms with Crippen molar-refractivity contribution < 1.29 is 9.47 Å². The van der Waals surface area contributed by atoms with Crippen molar-refractivity contribution in [3.63, 3.8) is 0 Å². The molecule has 3 aromatic carbocycles. The van der Waals surface area contributed by atoms with Gasteiger partial charge >= 0.3 is 0 Å². The highest BCUT2D eigenvalue weighted by Crippen LogP contribution is 2.25. The molecule has 2 N–H and O–H groups in total. The summed E-state index contributed by atoms with van der Waals surface area (Å²) in [5.41, 5.74) is 11.8. The van der Waals surface area contributed by atoms with Crippen molar-refractivity contribution in [2.45, 2.75) is 19.4 Å². The summed E-state index contributed by atoms with van der Waals surface area (Å²) in [6.45, 7) is 0.669. The van der Waals surface area contributed by atoms with Crippen LogP contribution in [0.3, 0.4) is 0 Å². The predicted octanol–water partition coefficient (Wildman–Crippen LogP) is 4.71. The summed E-state index contributed by atoms with van der Waals surface area (Å²) in [6, 6.07) is 24.8. The largest absolute Gasteiger partial charge is 0.497 e. The van der Waals surface area contributed by atoms with Crippen molar-refractivity contribution in [2.75, 3.05) is 20.0 Å². The third kappa shape index (κ3) is 5.07. The minimum atomic E-state index is 0.512. The molecule has 0 saturated carbocycles. The van der Waals surface area contributed by atoms with Gasteiger partial charge in [0.25, 0.3) is 0 Å². The molecule has 0 aliphatic heterocycles. The molecule has 0 fully saturated rings. The molecular weight excluding hydrogens is 386 g/mol. The second kappa shape index (κ2) is 9.39. The molecule has 0 spiro atoms. The Hall–Kier alpha value is -3.73. The Labute approximate surface area is 183 Å². The number of rotatable bonds is 8. The van der Waals surface area contributed by atoms with E-state index in [-0.39, 0.29) is 0 Å². The van der Waals surface area contributed by atoms with Crippen molar-refractivity contribution in [2.24, 2.45) is 0 Å². The van der Waals surface area contributed by atoms with Gasteiger partial charge in [0.2, 0.25) is 5.95 Å². The smallest absolute Gasteiger partial charge is 0.200 e. The first-order chi connectivity index (χ1) is 15.1. The van der Waals surface area contributed by atoms with E-state index < -0.39 is 0 Å². The number of anilines is 1. The van der Waals surface area contributed by atoms with Crippen LogP contribution in [0.15, 0.2) is 79.0 Å². The van der Waals surface area contributed by atoms with E-state index in [1.54, 1.807) is 14.2 Å². The quantitative estimate of drug-likeness (QED) is 0.454. The summed E-state index contributed by atoms with van der Waals surface area (Å²) in [4.78, 5) is 4.56. The maximum Gasteiger partial charge on any atom is 0.200 e. The van der Waals surface area contributed by atoms with Gasteiger partial charge in [-0.1, -0.05) is 54.6 Å². The molecule has 31 heavy (non-hydrogen) atoms. The van der Waals surface area contributed by atoms with E-state index in [2.05, 4.69) is 47.4 Å². The molecule has 4 aromatic rings. The van der Waals surface area contributed by atoms with Crippen molar-refractivity contribution in [1.29, 1.82) is 0 Å². The third-order valence-electron chi connectivity index (χ3n) is 5.34. The standard InChI is InChI=1S/C26H27N3O2/c1-30-24-12-9-20(10-13-24)17-29-18-23(28-26(29)27)15-21-8-11-22(25(16-21)31-2)14-19-6-4-3-5-7-19/h3-13,16,18H,14-15,17H2,1-2H3,(H2,27,28). The number of methoxy groups -OCH3 is 2. The molecule has 0 aliphatic carbocycles. The minimum absolute atomic E-state index is 0.512. The molecule has 0 saturated heterocycles. The van der Waals surface area contributed by atoms with Crippen LogP contribution in [0.2, 0.25) is 0 Å². The summed E-state index contributed by atoms with van der Waals surface area (Å²) in [5.74, 6) is 2.25. The zero-order valence-corrected chi connectivity index (χ0v) is 17.9. The van der Waals surface area contributed by atoms with E-state index in [0.717, 1.165) is 34.7 Å². The summed E-state index contributed by atoms with van der Waals surface area (Å²) in [6.07, 6.45) is 3.56. The van der Waals surface area contributed by atoms with Crippen LogP contribution in [-0.4, -0.2) is 23.8 Å². The average molecular weight is 414 g/mol. The Kier molecular flexibility index (Phi) is 6.22. The number of nitrogens with zero attached hydrogens (tertiary/aromatic N) is 2. The molecule has 158 valence electrons. The lowest BCUT2D eigenvalue weighted by atomic mass is 10.0. The monoisotopic (exact) mass is 413 g/mol. The van der Waals surface area contributed by atoms with Gasteiger partial charge < -0.3 is 19.8 Å². The van der Waals surface area contributed by atoms with Crippen LogP contribution >= 0.6 is 0 Å². The number of imidazole rings is 1.